The van der Waals surface area contributed by atoms with Gasteiger partial charge in [0.15, 0.2) is 0 Å². The van der Waals surface area contributed by atoms with E-state index in [4.69, 9.17) is 5.11 Å². The van der Waals surface area contributed by atoms with Gasteiger partial charge in [-0.2, -0.15) is 0 Å². The van der Waals surface area contributed by atoms with Crippen LogP contribution in [0.5, 0.6) is 0 Å². The summed E-state index contributed by atoms with van der Waals surface area (Å²) in [5.41, 5.74) is -1.55. The van der Waals surface area contributed by atoms with Crippen molar-refractivity contribution in [1.82, 2.24) is 10.6 Å². The number of hydrogen-bond donors (Lipinski definition) is 3. The minimum absolute atomic E-state index is 0.336. The smallest absolute Gasteiger partial charge is 0.329 e. The first-order valence-corrected chi connectivity index (χ1v) is 5.50. The SMILES string of the molecule is CCC(C)(C)NC(=O)NC(C)(CC)C(=O)O. The van der Waals surface area contributed by atoms with Gasteiger partial charge in [0.25, 0.3) is 0 Å². The number of carboxylic acids is 1. The van der Waals surface area contributed by atoms with E-state index in [-0.39, 0.29) is 5.54 Å². The highest BCUT2D eigenvalue weighted by Gasteiger charge is 2.33. The minimum Gasteiger partial charge on any atom is -0.480 e. The quantitative estimate of drug-likeness (QED) is 0.673. The molecule has 0 aliphatic heterocycles. The maximum atomic E-state index is 11.6. The van der Waals surface area contributed by atoms with Crippen molar-refractivity contribution in [2.24, 2.45) is 0 Å². The van der Waals surface area contributed by atoms with E-state index in [1.165, 1.54) is 6.92 Å². The fraction of sp³-hybridized carbons (Fsp3) is 0.818. The summed E-state index contributed by atoms with van der Waals surface area (Å²) in [6.45, 7) is 8.94. The fourth-order valence-electron chi connectivity index (χ4n) is 0.971. The molecule has 1 atom stereocenters. The third kappa shape index (κ3) is 4.08. The van der Waals surface area contributed by atoms with Crippen LogP contribution in [0.25, 0.3) is 0 Å². The van der Waals surface area contributed by atoms with Crippen LogP contribution in [0.4, 0.5) is 4.79 Å². The second-order valence-corrected chi connectivity index (χ2v) is 4.81. The van der Waals surface area contributed by atoms with E-state index >= 15 is 0 Å². The number of rotatable bonds is 5. The molecule has 5 heteroatoms. The molecule has 0 saturated heterocycles. The van der Waals surface area contributed by atoms with Crippen molar-refractivity contribution < 1.29 is 14.7 Å². The Bertz CT molecular complexity index is 276. The van der Waals surface area contributed by atoms with Crippen molar-refractivity contribution >= 4 is 12.0 Å². The van der Waals surface area contributed by atoms with Crippen LogP contribution in [0.3, 0.4) is 0 Å². The fourth-order valence-corrected chi connectivity index (χ4v) is 0.971. The summed E-state index contributed by atoms with van der Waals surface area (Å²) in [5, 5.41) is 14.2. The number of carbonyl (C=O) groups is 2. The molecule has 0 radical (unpaired) electrons. The number of amides is 2. The van der Waals surface area contributed by atoms with Gasteiger partial charge in [0.1, 0.15) is 5.54 Å². The summed E-state index contributed by atoms with van der Waals surface area (Å²) in [4.78, 5) is 22.6. The first kappa shape index (κ1) is 14.7. The predicted molar refractivity (Wildman–Crippen MR) is 62.4 cm³/mol. The Labute approximate surface area is 96.6 Å². The number of carbonyl (C=O) groups excluding carboxylic acids is 1. The summed E-state index contributed by atoms with van der Waals surface area (Å²) in [7, 11) is 0. The molecule has 0 spiro atoms. The maximum absolute atomic E-state index is 11.6. The first-order chi connectivity index (χ1) is 7.17. The van der Waals surface area contributed by atoms with Gasteiger partial charge >= 0.3 is 12.0 Å². The molecule has 0 aromatic heterocycles. The van der Waals surface area contributed by atoms with Crippen LogP contribution in [-0.2, 0) is 4.79 Å². The second-order valence-electron chi connectivity index (χ2n) is 4.81. The van der Waals surface area contributed by atoms with Crippen molar-refractivity contribution in [3.63, 3.8) is 0 Å². The van der Waals surface area contributed by atoms with Crippen LogP contribution in [0.15, 0.2) is 0 Å². The van der Waals surface area contributed by atoms with Crippen LogP contribution in [-0.4, -0.2) is 28.2 Å². The van der Waals surface area contributed by atoms with Crippen LogP contribution < -0.4 is 10.6 Å². The van der Waals surface area contributed by atoms with E-state index in [1.54, 1.807) is 6.92 Å². The number of carboxylic acid groups (broad SMARTS) is 1. The summed E-state index contributed by atoms with van der Waals surface area (Å²) in [6, 6.07) is -0.446. The Morgan fingerprint density at radius 3 is 1.88 bits per heavy atom. The van der Waals surface area contributed by atoms with Crippen molar-refractivity contribution in [2.75, 3.05) is 0 Å². The van der Waals surface area contributed by atoms with Crippen molar-refractivity contribution in [2.45, 2.75) is 58.5 Å². The standard InChI is InChI=1S/C11H22N2O3/c1-6-10(3,4)12-9(16)13-11(5,7-2)8(14)15/h6-7H2,1-5H3,(H,14,15)(H2,12,13,16). The maximum Gasteiger partial charge on any atom is 0.329 e. The first-order valence-electron chi connectivity index (χ1n) is 5.50. The molecule has 2 amide bonds. The number of hydrogen-bond acceptors (Lipinski definition) is 2. The molecule has 0 aliphatic carbocycles. The van der Waals surface area contributed by atoms with Gasteiger partial charge in [0.05, 0.1) is 0 Å². The van der Waals surface area contributed by atoms with E-state index < -0.39 is 17.5 Å². The van der Waals surface area contributed by atoms with Gasteiger partial charge in [0.2, 0.25) is 0 Å². The molecular weight excluding hydrogens is 208 g/mol. The van der Waals surface area contributed by atoms with Gasteiger partial charge in [-0.15, -0.1) is 0 Å². The van der Waals surface area contributed by atoms with Gasteiger partial charge in [0, 0.05) is 5.54 Å². The lowest BCUT2D eigenvalue weighted by molar-refractivity contribution is -0.143. The lowest BCUT2D eigenvalue weighted by Crippen LogP contribution is -2.58. The largest absolute Gasteiger partial charge is 0.480 e. The van der Waals surface area contributed by atoms with Crippen molar-refractivity contribution in [3.05, 3.63) is 0 Å². The van der Waals surface area contributed by atoms with Gasteiger partial charge in [-0.05, 0) is 33.6 Å². The highest BCUT2D eigenvalue weighted by molar-refractivity contribution is 5.86. The molecule has 94 valence electrons. The Balaban J connectivity index is 4.50. The Hall–Kier alpha value is -1.26. The third-order valence-electron chi connectivity index (χ3n) is 2.90. The van der Waals surface area contributed by atoms with Crippen molar-refractivity contribution in [1.29, 1.82) is 0 Å². The molecule has 0 aliphatic rings. The molecule has 0 heterocycles. The monoisotopic (exact) mass is 230 g/mol. The molecule has 0 aromatic carbocycles. The molecule has 1 unspecified atom stereocenters. The normalized spacial score (nSPS) is 15.1. The zero-order chi connectivity index (χ0) is 13.0. The predicted octanol–water partition coefficient (Wildman–Crippen LogP) is 1.73. The van der Waals surface area contributed by atoms with Crippen LogP contribution in [0, 0.1) is 0 Å². The number of nitrogens with one attached hydrogen (secondary N) is 2. The highest BCUT2D eigenvalue weighted by atomic mass is 16.4. The number of aliphatic carboxylic acids is 1. The molecule has 0 rings (SSSR count). The molecule has 0 fully saturated rings. The molecule has 0 bridgehead atoms. The van der Waals surface area contributed by atoms with E-state index in [1.807, 2.05) is 20.8 Å². The minimum atomic E-state index is -1.21. The number of urea groups is 1. The average molecular weight is 230 g/mol. The van der Waals surface area contributed by atoms with Gasteiger partial charge in [-0.25, -0.2) is 9.59 Å². The average Bonchev–Trinajstić information content (AvgIpc) is 2.16. The van der Waals surface area contributed by atoms with Crippen LogP contribution in [0.1, 0.15) is 47.5 Å². The lowest BCUT2D eigenvalue weighted by Gasteiger charge is -2.29. The highest BCUT2D eigenvalue weighted by Crippen LogP contribution is 2.11. The van der Waals surface area contributed by atoms with E-state index in [2.05, 4.69) is 10.6 Å². The van der Waals surface area contributed by atoms with Crippen molar-refractivity contribution in [3.8, 4) is 0 Å². The molecule has 3 N–H and O–H groups in total. The molecule has 5 nitrogen and oxygen atoms in total. The Morgan fingerprint density at radius 2 is 1.56 bits per heavy atom. The zero-order valence-electron chi connectivity index (χ0n) is 10.7. The summed E-state index contributed by atoms with van der Waals surface area (Å²) in [5.74, 6) is -1.03. The second kappa shape index (κ2) is 5.18. The third-order valence-corrected chi connectivity index (χ3v) is 2.90. The molecule has 0 saturated carbocycles. The summed E-state index contributed by atoms with van der Waals surface area (Å²) < 4.78 is 0. The molecular formula is C11H22N2O3. The van der Waals surface area contributed by atoms with E-state index in [0.717, 1.165) is 6.42 Å². The Kier molecular flexibility index (Phi) is 4.78. The van der Waals surface area contributed by atoms with E-state index in [0.29, 0.717) is 6.42 Å². The van der Waals surface area contributed by atoms with Crippen LogP contribution in [0.2, 0.25) is 0 Å². The zero-order valence-corrected chi connectivity index (χ0v) is 10.7. The summed E-state index contributed by atoms with van der Waals surface area (Å²) >= 11 is 0. The lowest BCUT2D eigenvalue weighted by atomic mass is 9.99. The Morgan fingerprint density at radius 1 is 1.06 bits per heavy atom. The van der Waals surface area contributed by atoms with Gasteiger partial charge in [-0.3, -0.25) is 0 Å². The topological polar surface area (TPSA) is 78.4 Å². The summed E-state index contributed by atoms with van der Waals surface area (Å²) in [6.07, 6.45) is 1.11. The van der Waals surface area contributed by atoms with Gasteiger partial charge in [-0.1, -0.05) is 13.8 Å². The van der Waals surface area contributed by atoms with E-state index in [9.17, 15) is 9.59 Å². The van der Waals surface area contributed by atoms with Crippen LogP contribution >= 0.6 is 0 Å². The molecule has 16 heavy (non-hydrogen) atoms. The van der Waals surface area contributed by atoms with Gasteiger partial charge < -0.3 is 15.7 Å². The molecule has 0 aromatic rings.